The van der Waals surface area contributed by atoms with Crippen LogP contribution in [0.4, 0.5) is 0 Å². The van der Waals surface area contributed by atoms with Crippen molar-refractivity contribution in [3.05, 3.63) is 27.7 Å². The zero-order valence-electron chi connectivity index (χ0n) is 15.5. The smallest absolute Gasteiger partial charge is 0.341 e. The van der Waals surface area contributed by atoms with E-state index in [2.05, 4.69) is 4.90 Å². The normalized spacial score (nSPS) is 23.9. The van der Waals surface area contributed by atoms with Gasteiger partial charge in [-0.2, -0.15) is 0 Å². The number of hydrogen-bond acceptors (Lipinski definition) is 3. The highest BCUT2D eigenvalue weighted by Gasteiger charge is 2.33. The summed E-state index contributed by atoms with van der Waals surface area (Å²) < 4.78 is 5.38. The highest BCUT2D eigenvalue weighted by Crippen LogP contribution is 2.43. The number of likely N-dealkylation sites (tertiary alicyclic amines) is 1. The van der Waals surface area contributed by atoms with Crippen molar-refractivity contribution in [2.75, 3.05) is 19.7 Å². The number of nitrogens with zero attached hydrogens (tertiary/aromatic N) is 1. The van der Waals surface area contributed by atoms with Crippen LogP contribution in [-0.4, -0.2) is 41.7 Å². The van der Waals surface area contributed by atoms with Gasteiger partial charge in [-0.15, -0.1) is 12.4 Å². The van der Waals surface area contributed by atoms with E-state index in [4.69, 9.17) is 33.0 Å². The van der Waals surface area contributed by atoms with Gasteiger partial charge in [0.25, 0.3) is 0 Å². The van der Waals surface area contributed by atoms with Crippen LogP contribution in [0.25, 0.3) is 0 Å². The topological polar surface area (TPSA) is 49.8 Å². The third-order valence-corrected chi connectivity index (χ3v) is 6.45. The Balaban J connectivity index is 0.00000261. The monoisotopic (exact) mass is 435 g/mol. The van der Waals surface area contributed by atoms with Crippen molar-refractivity contribution in [1.82, 2.24) is 4.90 Å². The van der Waals surface area contributed by atoms with Crippen molar-refractivity contribution in [2.24, 2.45) is 0 Å². The second-order valence-corrected chi connectivity index (χ2v) is 8.18. The van der Waals surface area contributed by atoms with E-state index in [9.17, 15) is 4.79 Å². The Morgan fingerprint density at radius 2 is 1.74 bits per heavy atom. The van der Waals surface area contributed by atoms with E-state index >= 15 is 0 Å². The molecule has 0 aromatic heterocycles. The Hall–Kier alpha value is -0.680. The Kier molecular flexibility index (Phi) is 9.00. The predicted octanol–water partition coefficient (Wildman–Crippen LogP) is 5.78. The zero-order valence-corrected chi connectivity index (χ0v) is 17.8. The molecule has 1 N–H and O–H groups in total. The molecule has 0 bridgehead atoms. The van der Waals surface area contributed by atoms with Gasteiger partial charge in [0.05, 0.1) is 10.0 Å². The third-order valence-electron chi connectivity index (χ3n) is 5.63. The third kappa shape index (κ3) is 5.90. The fourth-order valence-corrected chi connectivity index (χ4v) is 4.89. The Labute approximate surface area is 177 Å². The molecular formula is C20H28Cl3NO3. The second-order valence-electron chi connectivity index (χ2n) is 7.40. The fourth-order valence-electron chi connectivity index (χ4n) is 4.42. The lowest BCUT2D eigenvalue weighted by Gasteiger charge is -2.40. The highest BCUT2D eigenvalue weighted by molar-refractivity contribution is 6.42. The lowest BCUT2D eigenvalue weighted by Crippen LogP contribution is -2.42. The van der Waals surface area contributed by atoms with Crippen LogP contribution in [0.1, 0.15) is 62.8 Å². The van der Waals surface area contributed by atoms with Gasteiger partial charge < -0.3 is 9.84 Å². The average Bonchev–Trinajstić information content (AvgIpc) is 2.92. The molecule has 2 atom stereocenters. The molecule has 27 heavy (non-hydrogen) atoms. The summed E-state index contributed by atoms with van der Waals surface area (Å²) in [7, 11) is 0. The summed E-state index contributed by atoms with van der Waals surface area (Å²) >= 11 is 12.9. The van der Waals surface area contributed by atoms with E-state index < -0.39 is 5.97 Å². The molecular weight excluding hydrogens is 409 g/mol. The molecule has 0 spiro atoms. The zero-order chi connectivity index (χ0) is 18.5. The van der Waals surface area contributed by atoms with Gasteiger partial charge in [-0.05, 0) is 50.4 Å². The van der Waals surface area contributed by atoms with Crippen molar-refractivity contribution in [2.45, 2.75) is 63.3 Å². The molecule has 0 amide bonds. The summed E-state index contributed by atoms with van der Waals surface area (Å²) in [6, 6.07) is 3.99. The molecule has 2 unspecified atom stereocenters. The molecule has 1 aromatic carbocycles. The second kappa shape index (κ2) is 10.8. The molecule has 1 saturated carbocycles. The quantitative estimate of drug-likeness (QED) is 0.635. The summed E-state index contributed by atoms with van der Waals surface area (Å²) in [6.07, 6.45) is 9.86. The standard InChI is InChI=1S/C20H27Cl2NO3.ClH/c21-17-12-14(26-13-19(24)25)11-16(20(17)22)15-7-3-4-8-18(15)23-9-5-1-2-6-10-23;/h11-12,15,18H,1-10,13H2,(H,24,25);1H. The minimum atomic E-state index is -1.00. The summed E-state index contributed by atoms with van der Waals surface area (Å²) in [4.78, 5) is 13.5. The average molecular weight is 437 g/mol. The number of aliphatic carboxylic acids is 1. The fraction of sp³-hybridized carbons (Fsp3) is 0.650. The molecule has 7 heteroatoms. The van der Waals surface area contributed by atoms with Gasteiger partial charge in [0.2, 0.25) is 0 Å². The van der Waals surface area contributed by atoms with Crippen molar-refractivity contribution >= 4 is 41.6 Å². The first-order valence-corrected chi connectivity index (χ1v) is 10.4. The van der Waals surface area contributed by atoms with Crippen LogP contribution in [-0.2, 0) is 4.79 Å². The number of hydrogen-bond donors (Lipinski definition) is 1. The maximum absolute atomic E-state index is 10.8. The lowest BCUT2D eigenvalue weighted by atomic mass is 9.79. The van der Waals surface area contributed by atoms with Crippen LogP contribution in [0.15, 0.2) is 12.1 Å². The number of ether oxygens (including phenoxy) is 1. The van der Waals surface area contributed by atoms with Crippen LogP contribution in [0.5, 0.6) is 5.75 Å². The highest BCUT2D eigenvalue weighted by atomic mass is 35.5. The van der Waals surface area contributed by atoms with Crippen LogP contribution in [0.3, 0.4) is 0 Å². The molecule has 1 aliphatic heterocycles. The van der Waals surface area contributed by atoms with E-state index in [1.807, 2.05) is 6.07 Å². The molecule has 1 saturated heterocycles. The Morgan fingerprint density at radius 3 is 2.41 bits per heavy atom. The summed E-state index contributed by atoms with van der Waals surface area (Å²) in [5, 5.41) is 9.88. The van der Waals surface area contributed by atoms with E-state index in [1.54, 1.807) is 6.07 Å². The molecule has 2 aliphatic rings. The Bertz CT molecular complexity index is 633. The molecule has 1 aromatic rings. The molecule has 152 valence electrons. The molecule has 3 rings (SSSR count). The summed E-state index contributed by atoms with van der Waals surface area (Å²) in [5.74, 6) is -0.199. The van der Waals surface area contributed by atoms with Crippen molar-refractivity contribution in [3.63, 3.8) is 0 Å². The summed E-state index contributed by atoms with van der Waals surface area (Å²) in [5.41, 5.74) is 1.01. The van der Waals surface area contributed by atoms with Crippen molar-refractivity contribution < 1.29 is 14.6 Å². The molecule has 0 radical (unpaired) electrons. The van der Waals surface area contributed by atoms with Crippen LogP contribution < -0.4 is 4.74 Å². The molecule has 1 heterocycles. The number of halogens is 3. The van der Waals surface area contributed by atoms with Gasteiger partial charge in [0.1, 0.15) is 5.75 Å². The largest absolute Gasteiger partial charge is 0.482 e. The van der Waals surface area contributed by atoms with Gasteiger partial charge in [0, 0.05) is 18.0 Å². The van der Waals surface area contributed by atoms with Gasteiger partial charge >= 0.3 is 5.97 Å². The number of benzene rings is 1. The van der Waals surface area contributed by atoms with E-state index in [-0.39, 0.29) is 19.0 Å². The van der Waals surface area contributed by atoms with Crippen molar-refractivity contribution in [3.8, 4) is 5.75 Å². The minimum Gasteiger partial charge on any atom is -0.482 e. The maximum atomic E-state index is 10.8. The number of carboxylic acid groups (broad SMARTS) is 1. The molecule has 4 nitrogen and oxygen atoms in total. The van der Waals surface area contributed by atoms with E-state index in [0.717, 1.165) is 25.1 Å². The van der Waals surface area contributed by atoms with Crippen LogP contribution in [0, 0.1) is 0 Å². The minimum absolute atomic E-state index is 0. The maximum Gasteiger partial charge on any atom is 0.341 e. The van der Waals surface area contributed by atoms with Gasteiger partial charge in [-0.3, -0.25) is 4.90 Å². The lowest BCUT2D eigenvalue weighted by molar-refractivity contribution is -0.139. The molecule has 1 aliphatic carbocycles. The first-order chi connectivity index (χ1) is 12.6. The van der Waals surface area contributed by atoms with Gasteiger partial charge in [0.15, 0.2) is 6.61 Å². The van der Waals surface area contributed by atoms with Crippen LogP contribution >= 0.6 is 35.6 Å². The van der Waals surface area contributed by atoms with Gasteiger partial charge in [-0.1, -0.05) is 48.9 Å². The number of rotatable bonds is 5. The van der Waals surface area contributed by atoms with E-state index in [0.29, 0.717) is 27.8 Å². The van der Waals surface area contributed by atoms with Crippen molar-refractivity contribution in [1.29, 1.82) is 0 Å². The molecule has 2 fully saturated rings. The van der Waals surface area contributed by atoms with Gasteiger partial charge in [-0.25, -0.2) is 4.79 Å². The van der Waals surface area contributed by atoms with Crippen LogP contribution in [0.2, 0.25) is 10.0 Å². The first-order valence-electron chi connectivity index (χ1n) is 9.64. The SMILES string of the molecule is Cl.O=C(O)COc1cc(Cl)c(Cl)c(C2CCCCC2N2CCCCCC2)c1. The predicted molar refractivity (Wildman–Crippen MR) is 112 cm³/mol. The number of carbonyl (C=O) groups is 1. The first kappa shape index (κ1) is 22.6. The summed E-state index contributed by atoms with van der Waals surface area (Å²) in [6.45, 7) is 1.93. The van der Waals surface area contributed by atoms with E-state index in [1.165, 1.54) is 44.9 Å². The Morgan fingerprint density at radius 1 is 1.07 bits per heavy atom. The number of carboxylic acids is 1.